The zero-order chi connectivity index (χ0) is 10.4. The predicted molar refractivity (Wildman–Crippen MR) is 39.2 cm³/mol. The molecule has 0 saturated heterocycles. The van der Waals surface area contributed by atoms with E-state index in [1.807, 2.05) is 0 Å². The smallest absolute Gasteiger partial charge is 0.726 e. The van der Waals surface area contributed by atoms with Crippen molar-refractivity contribution in [1.82, 2.24) is 0 Å². The summed E-state index contributed by atoms with van der Waals surface area (Å²) in [6, 6.07) is 0. The summed E-state index contributed by atoms with van der Waals surface area (Å²) in [6.45, 7) is 0. The van der Waals surface area contributed by atoms with E-state index in [0.717, 1.165) is 14.2 Å². The molecule has 0 unspecified atom stereocenters. The van der Waals surface area contributed by atoms with Crippen LogP contribution in [-0.2, 0) is 29.2 Å². The van der Waals surface area contributed by atoms with Gasteiger partial charge in [-0.15, -0.1) is 0 Å². The maximum absolute atomic E-state index is 9.22. The van der Waals surface area contributed by atoms with Gasteiger partial charge in [0.05, 0.1) is 14.2 Å². The first-order valence-corrected chi connectivity index (χ1v) is 4.82. The van der Waals surface area contributed by atoms with Crippen molar-refractivity contribution in [1.29, 1.82) is 0 Å². The molecule has 0 amide bonds. The minimum atomic E-state index is -4.41. The average Bonchev–Trinajstić information content (AvgIpc) is 1.86. The zero-order valence-corrected chi connectivity index (χ0v) is 12.9. The Morgan fingerprint density at radius 1 is 0.846 bits per heavy atom. The molecule has 0 saturated carbocycles. The Labute approximate surface area is 117 Å². The summed E-state index contributed by atoms with van der Waals surface area (Å²) in [5.41, 5.74) is 0. The first-order valence-electron chi connectivity index (χ1n) is 2.15. The van der Waals surface area contributed by atoms with Gasteiger partial charge in [-0.3, -0.25) is 8.37 Å². The number of rotatable bonds is 2. The van der Waals surface area contributed by atoms with Crippen molar-refractivity contribution in [2.45, 2.75) is 0 Å². The van der Waals surface area contributed by atoms with E-state index in [-0.39, 0.29) is 48.9 Å². The summed E-state index contributed by atoms with van der Waals surface area (Å²) in [5.74, 6) is 0. The molecular formula is C2H6BaO8S2. The molecule has 8 nitrogen and oxygen atoms in total. The fourth-order valence-corrected chi connectivity index (χ4v) is 0. The van der Waals surface area contributed by atoms with Crippen LogP contribution in [0.3, 0.4) is 0 Å². The molecule has 11 heteroatoms. The quantitative estimate of drug-likeness (QED) is 0.308. The summed E-state index contributed by atoms with van der Waals surface area (Å²) >= 11 is 0. The van der Waals surface area contributed by atoms with E-state index in [9.17, 15) is 25.9 Å². The molecule has 0 aliphatic rings. The molecule has 0 fully saturated rings. The molecule has 0 bridgehead atoms. The minimum Gasteiger partial charge on any atom is -0.726 e. The van der Waals surface area contributed by atoms with Crippen molar-refractivity contribution in [3.63, 3.8) is 0 Å². The third kappa shape index (κ3) is 31.9. The van der Waals surface area contributed by atoms with E-state index in [2.05, 4.69) is 8.37 Å². The Morgan fingerprint density at radius 2 is 0.923 bits per heavy atom. The molecule has 0 atom stereocenters. The van der Waals surface area contributed by atoms with Crippen molar-refractivity contribution in [3.05, 3.63) is 0 Å². The van der Waals surface area contributed by atoms with Gasteiger partial charge in [0, 0.05) is 0 Å². The van der Waals surface area contributed by atoms with Gasteiger partial charge >= 0.3 is 48.9 Å². The molecule has 0 aromatic heterocycles. The van der Waals surface area contributed by atoms with Gasteiger partial charge in [0.25, 0.3) is 0 Å². The Kier molecular flexibility index (Phi) is 13.1. The van der Waals surface area contributed by atoms with Gasteiger partial charge in [0.2, 0.25) is 20.8 Å². The van der Waals surface area contributed by atoms with Crippen LogP contribution in [0.15, 0.2) is 0 Å². The Balaban J connectivity index is -0.000000143. The van der Waals surface area contributed by atoms with Crippen molar-refractivity contribution >= 4 is 69.7 Å². The number of hydrogen-bond donors (Lipinski definition) is 0. The van der Waals surface area contributed by atoms with Gasteiger partial charge in [-0.05, 0) is 0 Å². The summed E-state index contributed by atoms with van der Waals surface area (Å²) in [5, 5.41) is 0. The first kappa shape index (κ1) is 19.8. The van der Waals surface area contributed by atoms with Crippen LogP contribution in [-0.4, -0.2) is 89.0 Å². The van der Waals surface area contributed by atoms with Gasteiger partial charge in [0.1, 0.15) is 0 Å². The van der Waals surface area contributed by atoms with Crippen LogP contribution in [0.2, 0.25) is 0 Å². The average molecular weight is 360 g/mol. The topological polar surface area (TPSA) is 133 Å². The summed E-state index contributed by atoms with van der Waals surface area (Å²) < 4.78 is 62.0. The van der Waals surface area contributed by atoms with Crippen LogP contribution >= 0.6 is 0 Å². The van der Waals surface area contributed by atoms with Crippen LogP contribution < -0.4 is 0 Å². The van der Waals surface area contributed by atoms with E-state index in [4.69, 9.17) is 0 Å². The summed E-state index contributed by atoms with van der Waals surface area (Å²) in [4.78, 5) is 0. The SMILES string of the molecule is COS(=O)(=O)[O-].COS(=O)(=O)[O-].[Ba+2]. The van der Waals surface area contributed by atoms with E-state index < -0.39 is 20.8 Å². The van der Waals surface area contributed by atoms with Crippen molar-refractivity contribution < 1.29 is 34.3 Å². The zero-order valence-electron chi connectivity index (χ0n) is 6.79. The maximum atomic E-state index is 9.22. The molecule has 0 aromatic rings. The second-order valence-electron chi connectivity index (χ2n) is 1.15. The molecule has 0 heterocycles. The fraction of sp³-hybridized carbons (Fsp3) is 1.00. The molecular weight excluding hydrogens is 353 g/mol. The van der Waals surface area contributed by atoms with Crippen LogP contribution in [0.4, 0.5) is 0 Å². The maximum Gasteiger partial charge on any atom is 2.00 e. The molecule has 76 valence electrons. The predicted octanol–water partition coefficient (Wildman–Crippen LogP) is -2.19. The van der Waals surface area contributed by atoms with Crippen LogP contribution in [0.5, 0.6) is 0 Å². The van der Waals surface area contributed by atoms with Crippen molar-refractivity contribution in [2.75, 3.05) is 14.2 Å². The van der Waals surface area contributed by atoms with Crippen molar-refractivity contribution in [2.24, 2.45) is 0 Å². The Bertz CT molecular complexity index is 256. The van der Waals surface area contributed by atoms with Gasteiger partial charge < -0.3 is 9.11 Å². The van der Waals surface area contributed by atoms with Crippen LogP contribution in [0.25, 0.3) is 0 Å². The van der Waals surface area contributed by atoms with Crippen LogP contribution in [0, 0.1) is 0 Å². The number of hydrogen-bond acceptors (Lipinski definition) is 8. The summed E-state index contributed by atoms with van der Waals surface area (Å²) in [6.07, 6.45) is 0. The van der Waals surface area contributed by atoms with E-state index in [1.165, 1.54) is 0 Å². The molecule has 0 aliphatic heterocycles. The third-order valence-electron chi connectivity index (χ3n) is 0.408. The second kappa shape index (κ2) is 8.61. The molecule has 0 aromatic carbocycles. The van der Waals surface area contributed by atoms with E-state index in [0.29, 0.717) is 0 Å². The summed E-state index contributed by atoms with van der Waals surface area (Å²) in [7, 11) is -7.21. The van der Waals surface area contributed by atoms with E-state index in [1.54, 1.807) is 0 Å². The molecule has 13 heavy (non-hydrogen) atoms. The van der Waals surface area contributed by atoms with Gasteiger partial charge in [-0.25, -0.2) is 16.8 Å². The second-order valence-corrected chi connectivity index (χ2v) is 3.45. The molecule has 0 aliphatic carbocycles. The van der Waals surface area contributed by atoms with Gasteiger partial charge in [0.15, 0.2) is 0 Å². The Morgan fingerprint density at radius 3 is 0.923 bits per heavy atom. The van der Waals surface area contributed by atoms with E-state index >= 15 is 0 Å². The van der Waals surface area contributed by atoms with Gasteiger partial charge in [-0.2, -0.15) is 0 Å². The molecule has 0 N–H and O–H groups in total. The molecule has 0 spiro atoms. The normalized spacial score (nSPS) is 10.8. The van der Waals surface area contributed by atoms with Crippen molar-refractivity contribution in [3.8, 4) is 0 Å². The standard InChI is InChI=1S/2CH4O4S.Ba/c2*1-5-6(2,3)4;/h2*1H3,(H,2,3,4);/q;;+2/p-2. The molecule has 0 radical (unpaired) electrons. The van der Waals surface area contributed by atoms with Crippen LogP contribution in [0.1, 0.15) is 0 Å². The first-order chi connectivity index (χ1) is 5.12. The third-order valence-corrected chi connectivity index (χ3v) is 1.22. The fourth-order valence-electron chi connectivity index (χ4n) is 0. The Hall–Kier alpha value is 1.31. The largest absolute Gasteiger partial charge is 2.00 e. The monoisotopic (exact) mass is 360 g/mol. The molecule has 0 rings (SSSR count). The van der Waals surface area contributed by atoms with Gasteiger partial charge in [-0.1, -0.05) is 0 Å². The minimum absolute atomic E-state index is 0.